The van der Waals surface area contributed by atoms with E-state index in [4.69, 9.17) is 0 Å². The van der Waals surface area contributed by atoms with E-state index in [9.17, 15) is 0 Å². The summed E-state index contributed by atoms with van der Waals surface area (Å²) in [6.07, 6.45) is 2.01. The molecule has 0 aliphatic carbocycles. The molecule has 0 aliphatic heterocycles. The zero-order valence-electron chi connectivity index (χ0n) is 4.17. The quantitative estimate of drug-likeness (QED) is 0.636. The van der Waals surface area contributed by atoms with Crippen molar-refractivity contribution in [3.8, 4) is 0 Å². The van der Waals surface area contributed by atoms with Crippen molar-refractivity contribution in [1.82, 2.24) is 0 Å². The van der Waals surface area contributed by atoms with E-state index in [1.54, 1.807) is 11.3 Å². The Morgan fingerprint density at radius 1 is 1.62 bits per heavy atom. The van der Waals surface area contributed by atoms with Gasteiger partial charge in [0.15, 0.2) is 0 Å². The number of hydrogen-bond donors (Lipinski definition) is 0. The Balaban J connectivity index is 2.77. The highest BCUT2D eigenvalue weighted by Crippen LogP contribution is 2.07. The lowest BCUT2D eigenvalue weighted by Gasteiger charge is -1.74. The maximum Gasteiger partial charge on any atom is -0.00206 e. The highest BCUT2D eigenvalue weighted by molar-refractivity contribution is 9.11. The second kappa shape index (κ2) is 3.05. The van der Waals surface area contributed by atoms with Crippen LogP contribution in [-0.4, -0.2) is 0 Å². The van der Waals surface area contributed by atoms with E-state index in [2.05, 4.69) is 32.8 Å². The van der Waals surface area contributed by atoms with Crippen LogP contribution in [0.15, 0.2) is 21.8 Å². The van der Waals surface area contributed by atoms with Gasteiger partial charge in [-0.15, -0.1) is 0 Å². The van der Waals surface area contributed by atoms with Crippen molar-refractivity contribution in [1.29, 1.82) is 0 Å². The van der Waals surface area contributed by atoms with Gasteiger partial charge >= 0.3 is 0 Å². The summed E-state index contributed by atoms with van der Waals surface area (Å²) in [5, 5.41) is 4.15. The van der Waals surface area contributed by atoms with Crippen molar-refractivity contribution in [2.45, 2.75) is 0 Å². The van der Waals surface area contributed by atoms with Gasteiger partial charge in [0.2, 0.25) is 0 Å². The van der Waals surface area contributed by atoms with Crippen molar-refractivity contribution < 1.29 is 0 Å². The van der Waals surface area contributed by atoms with Gasteiger partial charge in [-0.1, -0.05) is 15.9 Å². The fourth-order valence-electron chi connectivity index (χ4n) is 0.443. The molecule has 1 aromatic heterocycles. The van der Waals surface area contributed by atoms with Crippen molar-refractivity contribution in [2.24, 2.45) is 0 Å². The molecule has 0 unspecified atom stereocenters. The van der Waals surface area contributed by atoms with E-state index in [1.807, 2.05) is 11.1 Å². The zero-order chi connectivity index (χ0) is 5.82. The molecular formula is C6H5BrS. The first kappa shape index (κ1) is 6.05. The van der Waals surface area contributed by atoms with E-state index < -0.39 is 0 Å². The third-order valence-corrected chi connectivity index (χ3v) is 1.76. The van der Waals surface area contributed by atoms with Crippen LogP contribution in [0.3, 0.4) is 0 Å². The summed E-state index contributed by atoms with van der Waals surface area (Å²) in [5.74, 6) is 0. The fraction of sp³-hybridized carbons (Fsp3) is 0. The van der Waals surface area contributed by atoms with Gasteiger partial charge in [0.05, 0.1) is 0 Å². The van der Waals surface area contributed by atoms with E-state index in [1.165, 1.54) is 5.56 Å². The van der Waals surface area contributed by atoms with Crippen molar-refractivity contribution in [3.63, 3.8) is 0 Å². The highest BCUT2D eigenvalue weighted by atomic mass is 79.9. The summed E-state index contributed by atoms with van der Waals surface area (Å²) in [5.41, 5.74) is 1.26. The molecule has 0 aliphatic rings. The Labute approximate surface area is 61.0 Å². The predicted octanol–water partition coefficient (Wildman–Crippen LogP) is 3.11. The molecule has 0 saturated heterocycles. The minimum Gasteiger partial charge on any atom is -0.152 e. The molecule has 0 nitrogen and oxygen atoms in total. The largest absolute Gasteiger partial charge is 0.152 e. The Morgan fingerprint density at radius 2 is 2.50 bits per heavy atom. The smallest absolute Gasteiger partial charge is 0.00206 e. The van der Waals surface area contributed by atoms with Crippen molar-refractivity contribution in [3.05, 3.63) is 27.4 Å². The summed E-state index contributed by atoms with van der Waals surface area (Å²) in [4.78, 5) is 1.86. The van der Waals surface area contributed by atoms with Gasteiger partial charge in [0.25, 0.3) is 0 Å². The SMILES string of the molecule is Br/C=C/c1ccsc1. The third-order valence-electron chi connectivity index (χ3n) is 0.799. The molecule has 2 heteroatoms. The first-order valence-electron chi connectivity index (χ1n) is 2.22. The maximum atomic E-state index is 3.19. The summed E-state index contributed by atoms with van der Waals surface area (Å²) >= 11 is 4.90. The summed E-state index contributed by atoms with van der Waals surface area (Å²) < 4.78 is 0. The number of halogens is 1. The Hall–Kier alpha value is -0.0800. The lowest BCUT2D eigenvalue weighted by Crippen LogP contribution is -1.52. The first-order valence-corrected chi connectivity index (χ1v) is 4.08. The van der Waals surface area contributed by atoms with Gasteiger partial charge in [0, 0.05) is 0 Å². The second-order valence-corrected chi connectivity index (χ2v) is 2.66. The van der Waals surface area contributed by atoms with Crippen molar-refractivity contribution >= 4 is 33.3 Å². The summed E-state index contributed by atoms with van der Waals surface area (Å²) in [6.45, 7) is 0. The van der Waals surface area contributed by atoms with Gasteiger partial charge in [-0.05, 0) is 33.5 Å². The highest BCUT2D eigenvalue weighted by Gasteiger charge is 1.80. The summed E-state index contributed by atoms with van der Waals surface area (Å²) in [6, 6.07) is 2.07. The molecule has 1 aromatic rings. The van der Waals surface area contributed by atoms with Crippen LogP contribution in [0.5, 0.6) is 0 Å². The van der Waals surface area contributed by atoms with Crippen LogP contribution in [0.1, 0.15) is 5.56 Å². The second-order valence-electron chi connectivity index (χ2n) is 1.35. The fourth-order valence-corrected chi connectivity index (χ4v) is 1.38. The minimum absolute atomic E-state index is 1.26. The van der Waals surface area contributed by atoms with E-state index in [-0.39, 0.29) is 0 Å². The molecule has 0 bridgehead atoms. The summed E-state index contributed by atoms with van der Waals surface area (Å²) in [7, 11) is 0. The molecule has 0 amide bonds. The number of hydrogen-bond acceptors (Lipinski definition) is 1. The van der Waals surface area contributed by atoms with E-state index in [0.717, 1.165) is 0 Å². The molecule has 0 N–H and O–H groups in total. The lowest BCUT2D eigenvalue weighted by atomic mass is 10.3. The third kappa shape index (κ3) is 1.46. The molecule has 42 valence electrons. The zero-order valence-corrected chi connectivity index (χ0v) is 6.58. The van der Waals surface area contributed by atoms with Crippen LogP contribution >= 0.6 is 27.3 Å². The number of thiophene rings is 1. The van der Waals surface area contributed by atoms with Crippen LogP contribution in [0, 0.1) is 0 Å². The lowest BCUT2D eigenvalue weighted by molar-refractivity contribution is 1.90. The molecule has 0 fully saturated rings. The van der Waals surface area contributed by atoms with Crippen LogP contribution < -0.4 is 0 Å². The van der Waals surface area contributed by atoms with Gasteiger partial charge in [-0.2, -0.15) is 11.3 Å². The van der Waals surface area contributed by atoms with Crippen molar-refractivity contribution in [2.75, 3.05) is 0 Å². The van der Waals surface area contributed by atoms with Crippen LogP contribution in [0.4, 0.5) is 0 Å². The predicted molar refractivity (Wildman–Crippen MR) is 42.3 cm³/mol. The molecule has 0 saturated carbocycles. The molecule has 0 aromatic carbocycles. The molecule has 1 heterocycles. The van der Waals surface area contributed by atoms with Gasteiger partial charge < -0.3 is 0 Å². The van der Waals surface area contributed by atoms with Gasteiger partial charge in [-0.3, -0.25) is 0 Å². The molecular weight excluding hydrogens is 184 g/mol. The Morgan fingerprint density at radius 3 is 3.00 bits per heavy atom. The minimum atomic E-state index is 1.26. The number of rotatable bonds is 1. The standard InChI is InChI=1S/C6H5BrS/c7-3-1-6-2-4-8-5-6/h1-5H/b3-1+. The average molecular weight is 189 g/mol. The normalized spacial score (nSPS) is 10.6. The van der Waals surface area contributed by atoms with E-state index in [0.29, 0.717) is 0 Å². The Kier molecular flexibility index (Phi) is 2.30. The average Bonchev–Trinajstić information content (AvgIpc) is 2.19. The molecule has 0 radical (unpaired) electrons. The van der Waals surface area contributed by atoms with Gasteiger partial charge in [0.1, 0.15) is 0 Å². The van der Waals surface area contributed by atoms with Gasteiger partial charge in [-0.25, -0.2) is 0 Å². The van der Waals surface area contributed by atoms with Crippen LogP contribution in [0.2, 0.25) is 0 Å². The topological polar surface area (TPSA) is 0 Å². The van der Waals surface area contributed by atoms with Crippen LogP contribution in [-0.2, 0) is 0 Å². The van der Waals surface area contributed by atoms with Crippen LogP contribution in [0.25, 0.3) is 6.08 Å². The molecule has 0 spiro atoms. The monoisotopic (exact) mass is 188 g/mol. The maximum absolute atomic E-state index is 3.19. The first-order chi connectivity index (χ1) is 3.93. The molecule has 0 atom stereocenters. The van der Waals surface area contributed by atoms with E-state index >= 15 is 0 Å². The molecule has 1 rings (SSSR count). The molecule has 8 heavy (non-hydrogen) atoms. The Bertz CT molecular complexity index is 165.